The number of alkyl halides is 3. The van der Waals surface area contributed by atoms with Crippen LogP contribution in [0, 0.1) is 35.5 Å². The first-order valence-electron chi connectivity index (χ1n) is 17.1. The lowest BCUT2D eigenvalue weighted by molar-refractivity contribution is -0.0489. The highest BCUT2D eigenvalue weighted by molar-refractivity contribution is 4.95. The van der Waals surface area contributed by atoms with E-state index in [2.05, 4.69) is 13.8 Å². The third kappa shape index (κ3) is 9.10. The number of hydrogen-bond donors (Lipinski definition) is 0. The molecule has 0 spiro atoms. The third-order valence-corrected chi connectivity index (χ3v) is 11.3. The Morgan fingerprint density at radius 3 is 1.62 bits per heavy atom. The van der Waals surface area contributed by atoms with Crippen LogP contribution in [0.5, 0.6) is 0 Å². The number of unbranched alkanes of at least 4 members (excludes halogenated alkanes) is 2. The highest BCUT2D eigenvalue weighted by atomic mass is 19.2. The van der Waals surface area contributed by atoms with E-state index in [1.54, 1.807) is 0 Å². The van der Waals surface area contributed by atoms with Gasteiger partial charge in [0.1, 0.15) is 18.5 Å². The van der Waals surface area contributed by atoms with E-state index in [9.17, 15) is 4.39 Å². The molecule has 39 heavy (non-hydrogen) atoms. The van der Waals surface area contributed by atoms with Crippen molar-refractivity contribution in [1.82, 2.24) is 0 Å². The van der Waals surface area contributed by atoms with Crippen LogP contribution in [-0.4, -0.2) is 43.9 Å². The van der Waals surface area contributed by atoms with E-state index < -0.39 is 18.5 Å². The molecule has 0 saturated heterocycles. The van der Waals surface area contributed by atoms with Crippen molar-refractivity contribution in [2.75, 3.05) is 13.2 Å². The summed E-state index contributed by atoms with van der Waals surface area (Å²) in [6.07, 6.45) is 16.2. The summed E-state index contributed by atoms with van der Waals surface area (Å²) in [5, 5.41) is 0. The predicted molar refractivity (Wildman–Crippen MR) is 154 cm³/mol. The van der Waals surface area contributed by atoms with Gasteiger partial charge < -0.3 is 9.47 Å². The standard InChI is InChI=1S/C34H59F3O2/c1-3-5-21-38-28-16-13-26(14-17-28)31-20-19-30(33(36)34(31)37)25-10-7-24(8-11-25)9-12-27-15-18-29(23-32(27)35)39-22-6-4-2/h24-34H,3-23H2,1-2H3. The molecule has 0 aliphatic heterocycles. The second-order valence-electron chi connectivity index (χ2n) is 13.8. The number of ether oxygens (including phenoxy) is 2. The molecule has 0 N–H and O–H groups in total. The van der Waals surface area contributed by atoms with Gasteiger partial charge in [0.05, 0.1) is 12.2 Å². The van der Waals surface area contributed by atoms with Crippen LogP contribution in [0.2, 0.25) is 0 Å². The Morgan fingerprint density at radius 2 is 1.08 bits per heavy atom. The molecular weight excluding hydrogens is 497 g/mol. The van der Waals surface area contributed by atoms with Crippen molar-refractivity contribution >= 4 is 0 Å². The second kappa shape index (κ2) is 16.4. The molecule has 4 saturated carbocycles. The van der Waals surface area contributed by atoms with E-state index in [-0.39, 0.29) is 23.9 Å². The van der Waals surface area contributed by atoms with Gasteiger partial charge in [0.15, 0.2) is 0 Å². The molecule has 4 aliphatic carbocycles. The lowest BCUT2D eigenvalue weighted by Crippen LogP contribution is -2.45. The number of halogens is 3. The first kappa shape index (κ1) is 31.6. The van der Waals surface area contributed by atoms with Crippen LogP contribution in [-0.2, 0) is 9.47 Å². The Hall–Kier alpha value is -0.290. The third-order valence-electron chi connectivity index (χ3n) is 11.3. The van der Waals surface area contributed by atoms with Gasteiger partial charge in [-0.05, 0) is 119 Å². The SMILES string of the molecule is CCCCOC1CCC(C2CCC(C3CCC(CCC4CCC(OCCCC)CC4F)CC3)C(F)C2F)CC1. The molecule has 0 aromatic rings. The van der Waals surface area contributed by atoms with Gasteiger partial charge in [-0.2, -0.15) is 0 Å². The van der Waals surface area contributed by atoms with Crippen LogP contribution in [0.1, 0.15) is 136 Å². The molecule has 4 aliphatic rings. The molecule has 4 fully saturated rings. The zero-order chi connectivity index (χ0) is 27.6. The number of hydrogen-bond acceptors (Lipinski definition) is 2. The van der Waals surface area contributed by atoms with Crippen LogP contribution >= 0.6 is 0 Å². The van der Waals surface area contributed by atoms with E-state index in [0.717, 1.165) is 129 Å². The lowest BCUT2D eigenvalue weighted by atomic mass is 9.63. The van der Waals surface area contributed by atoms with Gasteiger partial charge in [-0.1, -0.05) is 46.0 Å². The van der Waals surface area contributed by atoms with Crippen molar-refractivity contribution in [1.29, 1.82) is 0 Å². The van der Waals surface area contributed by atoms with Crippen molar-refractivity contribution < 1.29 is 22.6 Å². The molecule has 7 unspecified atom stereocenters. The molecule has 0 amide bonds. The molecule has 7 atom stereocenters. The van der Waals surface area contributed by atoms with Gasteiger partial charge in [0.2, 0.25) is 0 Å². The lowest BCUT2D eigenvalue weighted by Gasteiger charge is -2.44. The summed E-state index contributed by atoms with van der Waals surface area (Å²) < 4.78 is 57.7. The van der Waals surface area contributed by atoms with Crippen molar-refractivity contribution in [3.05, 3.63) is 0 Å². The molecule has 2 nitrogen and oxygen atoms in total. The van der Waals surface area contributed by atoms with Crippen molar-refractivity contribution in [2.24, 2.45) is 35.5 Å². The van der Waals surface area contributed by atoms with Crippen molar-refractivity contribution in [3.8, 4) is 0 Å². The fraction of sp³-hybridized carbons (Fsp3) is 1.00. The van der Waals surface area contributed by atoms with Gasteiger partial charge in [0, 0.05) is 19.6 Å². The summed E-state index contributed by atoms with van der Waals surface area (Å²) in [4.78, 5) is 0. The first-order valence-corrected chi connectivity index (χ1v) is 17.1. The fourth-order valence-corrected chi connectivity index (χ4v) is 8.61. The summed E-state index contributed by atoms with van der Waals surface area (Å²) in [7, 11) is 0. The molecule has 0 radical (unpaired) electrons. The highest BCUT2D eigenvalue weighted by Crippen LogP contribution is 2.48. The smallest absolute Gasteiger partial charge is 0.134 e. The molecule has 0 aromatic carbocycles. The molecule has 4 rings (SSSR count). The van der Waals surface area contributed by atoms with Crippen molar-refractivity contribution in [2.45, 2.75) is 167 Å². The van der Waals surface area contributed by atoms with Crippen LogP contribution in [0.3, 0.4) is 0 Å². The predicted octanol–water partition coefficient (Wildman–Crippen LogP) is 9.97. The average Bonchev–Trinajstić information content (AvgIpc) is 2.95. The second-order valence-corrected chi connectivity index (χ2v) is 13.8. The average molecular weight is 557 g/mol. The van der Waals surface area contributed by atoms with E-state index in [0.29, 0.717) is 30.3 Å². The van der Waals surface area contributed by atoms with Gasteiger partial charge in [-0.15, -0.1) is 0 Å². The Morgan fingerprint density at radius 1 is 0.564 bits per heavy atom. The van der Waals surface area contributed by atoms with Crippen LogP contribution < -0.4 is 0 Å². The van der Waals surface area contributed by atoms with Gasteiger partial charge in [0.25, 0.3) is 0 Å². The molecule has 5 heteroatoms. The minimum atomic E-state index is -1.29. The van der Waals surface area contributed by atoms with E-state index in [1.165, 1.54) is 0 Å². The van der Waals surface area contributed by atoms with Crippen LogP contribution in [0.15, 0.2) is 0 Å². The Bertz CT molecular complexity index is 661. The normalized spacial score (nSPS) is 41.9. The maximum Gasteiger partial charge on any atom is 0.134 e. The Balaban J connectivity index is 1.13. The molecule has 0 bridgehead atoms. The summed E-state index contributed by atoms with van der Waals surface area (Å²) >= 11 is 0. The van der Waals surface area contributed by atoms with Crippen molar-refractivity contribution in [3.63, 3.8) is 0 Å². The fourth-order valence-electron chi connectivity index (χ4n) is 8.61. The van der Waals surface area contributed by atoms with E-state index in [4.69, 9.17) is 9.47 Å². The topological polar surface area (TPSA) is 18.5 Å². The summed E-state index contributed by atoms with van der Waals surface area (Å²) in [6, 6.07) is 0. The van der Waals surface area contributed by atoms with E-state index >= 15 is 8.78 Å². The number of rotatable bonds is 13. The van der Waals surface area contributed by atoms with Crippen LogP contribution in [0.25, 0.3) is 0 Å². The van der Waals surface area contributed by atoms with Crippen LogP contribution in [0.4, 0.5) is 13.2 Å². The summed E-state index contributed by atoms with van der Waals surface area (Å²) in [5.41, 5.74) is 0. The maximum absolute atomic E-state index is 15.5. The zero-order valence-electron chi connectivity index (χ0n) is 25.2. The highest BCUT2D eigenvalue weighted by Gasteiger charge is 2.46. The largest absolute Gasteiger partial charge is 0.378 e. The van der Waals surface area contributed by atoms with Gasteiger partial charge >= 0.3 is 0 Å². The Labute approximate surface area is 237 Å². The summed E-state index contributed by atoms with van der Waals surface area (Å²) in [6.45, 7) is 5.93. The molecular formula is C34H59F3O2. The maximum atomic E-state index is 15.5. The molecule has 0 aromatic heterocycles. The molecule has 0 heterocycles. The first-order chi connectivity index (χ1) is 19.0. The van der Waals surface area contributed by atoms with E-state index in [1.807, 2.05) is 0 Å². The minimum Gasteiger partial charge on any atom is -0.378 e. The van der Waals surface area contributed by atoms with Gasteiger partial charge in [-0.25, -0.2) is 13.2 Å². The zero-order valence-corrected chi connectivity index (χ0v) is 25.2. The molecule has 228 valence electrons. The Kier molecular flexibility index (Phi) is 13.3. The summed E-state index contributed by atoms with van der Waals surface area (Å²) in [5.74, 6) is 1.30. The monoisotopic (exact) mass is 556 g/mol. The quantitative estimate of drug-likeness (QED) is 0.210. The minimum absolute atomic E-state index is 0.0926. The van der Waals surface area contributed by atoms with Gasteiger partial charge in [-0.3, -0.25) is 0 Å².